The summed E-state index contributed by atoms with van der Waals surface area (Å²) in [5.74, 6) is 1.92. The number of aromatic amines is 2. The SMILES string of the molecule is CCCCNc1nc(-c2ccc(-c3ccc(-c4cnc([C@@H]5CCCN5)[nH]4)cc3)cc2)c(CCC)[nH]1. The van der Waals surface area contributed by atoms with Crippen molar-refractivity contribution < 1.29 is 0 Å². The number of anilines is 1. The lowest BCUT2D eigenvalue weighted by atomic mass is 10.00. The standard InChI is InChI=1S/C29H36N6/c1-3-5-17-31-29-34-24(7-4-2)27(35-29)23-15-11-21(12-16-23)20-9-13-22(14-10-20)26-19-32-28(33-26)25-8-6-18-30-25/h9-16,19,25,30H,3-8,17-18H2,1-2H3,(H,32,33)(H2,31,34,35)/t25-/m0/s1. The number of imidazole rings is 2. The first kappa shape index (κ1) is 23.4. The molecule has 2 aromatic carbocycles. The normalized spacial score (nSPS) is 15.5. The van der Waals surface area contributed by atoms with E-state index in [-0.39, 0.29) is 0 Å². The van der Waals surface area contributed by atoms with Crippen molar-refractivity contribution in [2.75, 3.05) is 18.4 Å². The van der Waals surface area contributed by atoms with Gasteiger partial charge in [-0.05, 0) is 48.9 Å². The Bertz CT molecular complexity index is 1210. The molecule has 1 atom stereocenters. The molecule has 5 rings (SSSR count). The van der Waals surface area contributed by atoms with E-state index in [1.54, 1.807) is 0 Å². The van der Waals surface area contributed by atoms with Gasteiger partial charge in [-0.25, -0.2) is 9.97 Å². The largest absolute Gasteiger partial charge is 0.356 e. The summed E-state index contributed by atoms with van der Waals surface area (Å²) in [6.07, 6.45) is 8.71. The number of aryl methyl sites for hydroxylation is 1. The van der Waals surface area contributed by atoms with E-state index in [1.807, 2.05) is 6.20 Å². The van der Waals surface area contributed by atoms with E-state index in [1.165, 1.54) is 29.7 Å². The lowest BCUT2D eigenvalue weighted by Crippen LogP contribution is -2.14. The van der Waals surface area contributed by atoms with Crippen molar-refractivity contribution >= 4 is 5.95 Å². The van der Waals surface area contributed by atoms with Gasteiger partial charge in [0.2, 0.25) is 5.95 Å². The van der Waals surface area contributed by atoms with Crippen LogP contribution in [0.15, 0.2) is 54.7 Å². The number of nitrogens with zero attached hydrogens (tertiary/aromatic N) is 2. The van der Waals surface area contributed by atoms with Crippen molar-refractivity contribution in [1.82, 2.24) is 25.3 Å². The fourth-order valence-electron chi connectivity index (χ4n) is 4.79. The molecule has 4 N–H and O–H groups in total. The molecule has 0 spiro atoms. The molecular formula is C29H36N6. The molecule has 0 amide bonds. The highest BCUT2D eigenvalue weighted by molar-refractivity contribution is 5.72. The van der Waals surface area contributed by atoms with Crippen LogP contribution in [-0.2, 0) is 6.42 Å². The molecule has 0 bridgehead atoms. The Morgan fingerprint density at radius 3 is 2.26 bits per heavy atom. The van der Waals surface area contributed by atoms with Gasteiger partial charge in [-0.2, -0.15) is 0 Å². The average Bonchev–Trinajstić information content (AvgIpc) is 3.66. The quantitative estimate of drug-likeness (QED) is 0.195. The molecule has 35 heavy (non-hydrogen) atoms. The van der Waals surface area contributed by atoms with Crippen LogP contribution in [0, 0.1) is 0 Å². The van der Waals surface area contributed by atoms with Crippen LogP contribution in [0.4, 0.5) is 5.95 Å². The van der Waals surface area contributed by atoms with Crippen molar-refractivity contribution in [2.45, 2.75) is 58.4 Å². The predicted octanol–water partition coefficient (Wildman–Crippen LogP) is 6.72. The fraction of sp³-hybridized carbons (Fsp3) is 0.379. The molecule has 1 fully saturated rings. The molecule has 6 heteroatoms. The van der Waals surface area contributed by atoms with Gasteiger partial charge in [0.25, 0.3) is 0 Å². The number of unbranched alkanes of at least 4 members (excludes halogenated alkanes) is 1. The van der Waals surface area contributed by atoms with Crippen LogP contribution in [0.1, 0.15) is 63.5 Å². The first-order chi connectivity index (χ1) is 17.2. The molecule has 1 aliphatic heterocycles. The maximum Gasteiger partial charge on any atom is 0.200 e. The molecule has 0 saturated carbocycles. The Balaban J connectivity index is 1.31. The van der Waals surface area contributed by atoms with E-state index in [9.17, 15) is 0 Å². The summed E-state index contributed by atoms with van der Waals surface area (Å²) in [6, 6.07) is 17.8. The molecule has 1 saturated heterocycles. The van der Waals surface area contributed by atoms with E-state index in [2.05, 4.69) is 88.0 Å². The minimum atomic E-state index is 0.358. The van der Waals surface area contributed by atoms with E-state index in [0.717, 1.165) is 73.1 Å². The Morgan fingerprint density at radius 1 is 0.886 bits per heavy atom. The van der Waals surface area contributed by atoms with Gasteiger partial charge < -0.3 is 20.6 Å². The summed E-state index contributed by atoms with van der Waals surface area (Å²) in [4.78, 5) is 16.5. The van der Waals surface area contributed by atoms with Gasteiger partial charge in [0.15, 0.2) is 0 Å². The summed E-state index contributed by atoms with van der Waals surface area (Å²) in [5.41, 5.74) is 8.05. The van der Waals surface area contributed by atoms with E-state index < -0.39 is 0 Å². The monoisotopic (exact) mass is 468 g/mol. The van der Waals surface area contributed by atoms with Crippen LogP contribution in [0.3, 0.4) is 0 Å². The Kier molecular flexibility index (Phi) is 7.28. The Morgan fingerprint density at radius 2 is 1.60 bits per heavy atom. The van der Waals surface area contributed by atoms with Gasteiger partial charge in [0.1, 0.15) is 5.82 Å². The minimum Gasteiger partial charge on any atom is -0.356 e. The molecular weight excluding hydrogens is 432 g/mol. The van der Waals surface area contributed by atoms with Crippen molar-refractivity contribution in [3.05, 3.63) is 66.2 Å². The maximum absolute atomic E-state index is 4.87. The van der Waals surface area contributed by atoms with Gasteiger partial charge in [-0.3, -0.25) is 0 Å². The summed E-state index contributed by atoms with van der Waals surface area (Å²) < 4.78 is 0. The molecule has 0 aliphatic carbocycles. The minimum absolute atomic E-state index is 0.358. The summed E-state index contributed by atoms with van der Waals surface area (Å²) in [7, 11) is 0. The van der Waals surface area contributed by atoms with E-state index in [0.29, 0.717) is 6.04 Å². The fourth-order valence-corrected chi connectivity index (χ4v) is 4.79. The maximum atomic E-state index is 4.87. The predicted molar refractivity (Wildman–Crippen MR) is 144 cm³/mol. The lowest BCUT2D eigenvalue weighted by molar-refractivity contribution is 0.613. The number of rotatable bonds is 10. The highest BCUT2D eigenvalue weighted by Crippen LogP contribution is 2.30. The zero-order chi connectivity index (χ0) is 24.0. The van der Waals surface area contributed by atoms with Crippen molar-refractivity contribution in [3.8, 4) is 33.6 Å². The summed E-state index contributed by atoms with van der Waals surface area (Å²) >= 11 is 0. The smallest absolute Gasteiger partial charge is 0.200 e. The number of hydrogen-bond donors (Lipinski definition) is 4. The van der Waals surface area contributed by atoms with Gasteiger partial charge in [0, 0.05) is 17.8 Å². The second kappa shape index (κ2) is 10.9. The third-order valence-corrected chi connectivity index (χ3v) is 6.77. The lowest BCUT2D eigenvalue weighted by Gasteiger charge is -2.07. The molecule has 0 unspecified atom stereocenters. The average molecular weight is 469 g/mol. The molecule has 0 radical (unpaired) electrons. The summed E-state index contributed by atoms with van der Waals surface area (Å²) in [5, 5.41) is 6.93. The first-order valence-electron chi connectivity index (χ1n) is 13.1. The van der Waals surface area contributed by atoms with Crippen LogP contribution >= 0.6 is 0 Å². The zero-order valence-corrected chi connectivity index (χ0v) is 20.8. The number of aromatic nitrogens is 4. The topological polar surface area (TPSA) is 81.4 Å². The number of nitrogens with one attached hydrogen (secondary N) is 4. The van der Waals surface area contributed by atoms with Crippen molar-refractivity contribution in [3.63, 3.8) is 0 Å². The van der Waals surface area contributed by atoms with Crippen LogP contribution < -0.4 is 10.6 Å². The third kappa shape index (κ3) is 5.33. The van der Waals surface area contributed by atoms with Crippen LogP contribution in [0.2, 0.25) is 0 Å². The summed E-state index contributed by atoms with van der Waals surface area (Å²) in [6.45, 7) is 6.43. The highest BCUT2D eigenvalue weighted by Gasteiger charge is 2.19. The van der Waals surface area contributed by atoms with Gasteiger partial charge in [-0.15, -0.1) is 0 Å². The van der Waals surface area contributed by atoms with Gasteiger partial charge >= 0.3 is 0 Å². The Hall–Kier alpha value is -3.38. The van der Waals surface area contributed by atoms with Crippen LogP contribution in [0.25, 0.3) is 33.6 Å². The second-order valence-corrected chi connectivity index (χ2v) is 9.43. The van der Waals surface area contributed by atoms with E-state index in [4.69, 9.17) is 4.98 Å². The van der Waals surface area contributed by atoms with Crippen LogP contribution in [0.5, 0.6) is 0 Å². The van der Waals surface area contributed by atoms with Gasteiger partial charge in [0.05, 0.1) is 23.6 Å². The van der Waals surface area contributed by atoms with Crippen molar-refractivity contribution in [1.29, 1.82) is 0 Å². The molecule has 6 nitrogen and oxygen atoms in total. The molecule has 182 valence electrons. The zero-order valence-electron chi connectivity index (χ0n) is 20.8. The molecule has 3 heterocycles. The third-order valence-electron chi connectivity index (χ3n) is 6.77. The first-order valence-corrected chi connectivity index (χ1v) is 13.1. The number of H-pyrrole nitrogens is 2. The second-order valence-electron chi connectivity index (χ2n) is 9.43. The van der Waals surface area contributed by atoms with Gasteiger partial charge in [-0.1, -0.05) is 75.2 Å². The number of hydrogen-bond acceptors (Lipinski definition) is 4. The molecule has 1 aliphatic rings. The number of benzene rings is 2. The molecule has 2 aromatic heterocycles. The highest BCUT2D eigenvalue weighted by atomic mass is 15.1. The Labute approximate surface area is 208 Å². The van der Waals surface area contributed by atoms with Crippen molar-refractivity contribution in [2.24, 2.45) is 0 Å². The molecule has 4 aromatic rings. The van der Waals surface area contributed by atoms with E-state index >= 15 is 0 Å². The van der Waals surface area contributed by atoms with Crippen LogP contribution in [-0.4, -0.2) is 33.0 Å².